The van der Waals surface area contributed by atoms with Crippen LogP contribution in [0.15, 0.2) is 118 Å². The van der Waals surface area contributed by atoms with Crippen molar-refractivity contribution in [1.82, 2.24) is 4.57 Å². The summed E-state index contributed by atoms with van der Waals surface area (Å²) in [7, 11) is 3.15. The number of nitrogens with zero attached hydrogens (tertiary/aromatic N) is 2. The molecule has 0 aliphatic carbocycles. The number of carbonyl (C=O) groups excluding carboxylic acids is 1. The molecule has 6 rings (SSSR count). The van der Waals surface area contributed by atoms with E-state index in [9.17, 15) is 9.59 Å². The molecule has 2 heterocycles. The molecule has 1 aromatic heterocycles. The molecule has 1 aliphatic heterocycles. The molecule has 1 aliphatic rings. The number of ether oxygens (including phenoxy) is 3. The van der Waals surface area contributed by atoms with Gasteiger partial charge in [0.25, 0.3) is 11.5 Å². The number of carbonyl (C=O) groups is 1. The van der Waals surface area contributed by atoms with Gasteiger partial charge < -0.3 is 19.5 Å². The Hall–Kier alpha value is -5.12. The molecule has 0 bridgehead atoms. The lowest BCUT2D eigenvalue weighted by Crippen LogP contribution is -2.40. The van der Waals surface area contributed by atoms with Crippen LogP contribution in [0.2, 0.25) is 5.02 Å². The number of hydrogen-bond acceptors (Lipinski definition) is 7. The number of allylic oxidation sites excluding steroid dienone is 1. The highest BCUT2D eigenvalue weighted by Crippen LogP contribution is 2.33. The minimum atomic E-state index is -0.728. The van der Waals surface area contributed by atoms with Gasteiger partial charge in [-0.2, -0.15) is 0 Å². The molecule has 1 amide bonds. The first-order valence-corrected chi connectivity index (χ1v) is 15.6. The average Bonchev–Trinajstić information content (AvgIpc) is 3.37. The van der Waals surface area contributed by atoms with Crippen LogP contribution in [0.5, 0.6) is 17.2 Å². The number of methoxy groups -OCH3 is 2. The molecule has 0 radical (unpaired) electrons. The molecule has 0 spiro atoms. The molecule has 5 aromatic rings. The van der Waals surface area contributed by atoms with E-state index in [1.54, 1.807) is 31.8 Å². The Balaban J connectivity index is 1.39. The monoisotopic (exact) mass is 651 g/mol. The fourth-order valence-electron chi connectivity index (χ4n) is 5.29. The summed E-state index contributed by atoms with van der Waals surface area (Å²) >= 11 is 7.37. The SMILES string of the molecule is COc1cccc([C@H]2C(C(=O)Nc3ccccc3)=C(C)N=c3s/c(=C\c4ccc(OCc5cccc(Cl)c5)c(OC)c4)c(=O)n32)c1. The van der Waals surface area contributed by atoms with Gasteiger partial charge in [0, 0.05) is 10.7 Å². The van der Waals surface area contributed by atoms with Crippen LogP contribution in [0.1, 0.15) is 29.7 Å². The normalized spacial score (nSPS) is 14.3. The van der Waals surface area contributed by atoms with E-state index in [4.69, 9.17) is 30.8 Å². The van der Waals surface area contributed by atoms with Gasteiger partial charge in [-0.25, -0.2) is 4.99 Å². The van der Waals surface area contributed by atoms with Gasteiger partial charge in [0.05, 0.1) is 36.1 Å². The number of benzene rings is 4. The van der Waals surface area contributed by atoms with Crippen LogP contribution in [0.25, 0.3) is 6.08 Å². The van der Waals surface area contributed by atoms with Crippen LogP contribution in [0, 0.1) is 0 Å². The molecule has 0 fully saturated rings. The van der Waals surface area contributed by atoms with Crippen LogP contribution in [-0.4, -0.2) is 24.7 Å². The van der Waals surface area contributed by atoms with E-state index in [2.05, 4.69) is 5.32 Å². The van der Waals surface area contributed by atoms with Crippen LogP contribution in [0.3, 0.4) is 0 Å². The van der Waals surface area contributed by atoms with Crippen molar-refractivity contribution in [3.63, 3.8) is 0 Å². The number of hydrogen-bond donors (Lipinski definition) is 1. The molecular weight excluding hydrogens is 622 g/mol. The lowest BCUT2D eigenvalue weighted by Gasteiger charge is -2.25. The number of fused-ring (bicyclic) bond motifs is 1. The summed E-state index contributed by atoms with van der Waals surface area (Å²) in [5.74, 6) is 1.35. The second kappa shape index (κ2) is 13.5. The molecule has 10 heteroatoms. The third-order valence-corrected chi connectivity index (χ3v) is 8.69. The minimum absolute atomic E-state index is 0.269. The van der Waals surface area contributed by atoms with E-state index in [1.165, 1.54) is 11.3 Å². The molecule has 0 saturated heterocycles. The number of para-hydroxylation sites is 1. The smallest absolute Gasteiger partial charge is 0.271 e. The van der Waals surface area contributed by atoms with Gasteiger partial charge in [0.15, 0.2) is 16.3 Å². The molecule has 8 nitrogen and oxygen atoms in total. The highest BCUT2D eigenvalue weighted by atomic mass is 35.5. The molecule has 0 saturated carbocycles. The van der Waals surface area contributed by atoms with E-state index < -0.39 is 6.04 Å². The molecule has 1 N–H and O–H groups in total. The predicted octanol–water partition coefficient (Wildman–Crippen LogP) is 6.12. The van der Waals surface area contributed by atoms with Crippen molar-refractivity contribution in [2.75, 3.05) is 19.5 Å². The Labute approximate surface area is 274 Å². The Kier molecular flexibility index (Phi) is 9.05. The zero-order valence-electron chi connectivity index (χ0n) is 25.3. The highest BCUT2D eigenvalue weighted by Gasteiger charge is 2.32. The van der Waals surface area contributed by atoms with Crippen molar-refractivity contribution in [1.29, 1.82) is 0 Å². The summed E-state index contributed by atoms with van der Waals surface area (Å²) < 4.78 is 19.1. The number of rotatable bonds is 9. The van der Waals surface area contributed by atoms with Gasteiger partial charge >= 0.3 is 0 Å². The zero-order chi connectivity index (χ0) is 32.2. The van der Waals surface area contributed by atoms with Crippen LogP contribution in [0.4, 0.5) is 5.69 Å². The van der Waals surface area contributed by atoms with Crippen molar-refractivity contribution in [2.24, 2.45) is 4.99 Å². The highest BCUT2D eigenvalue weighted by molar-refractivity contribution is 7.07. The van der Waals surface area contributed by atoms with Crippen molar-refractivity contribution >= 4 is 40.6 Å². The number of thiazole rings is 1. The largest absolute Gasteiger partial charge is 0.497 e. The minimum Gasteiger partial charge on any atom is -0.497 e. The molecule has 232 valence electrons. The third-order valence-electron chi connectivity index (χ3n) is 7.48. The summed E-state index contributed by atoms with van der Waals surface area (Å²) in [5.41, 5.74) is 3.67. The predicted molar refractivity (Wildman–Crippen MR) is 181 cm³/mol. The second-order valence-electron chi connectivity index (χ2n) is 10.5. The van der Waals surface area contributed by atoms with Gasteiger partial charge in [-0.15, -0.1) is 0 Å². The third kappa shape index (κ3) is 6.47. The van der Waals surface area contributed by atoms with Crippen molar-refractivity contribution in [3.05, 3.63) is 150 Å². The fourth-order valence-corrected chi connectivity index (χ4v) is 6.55. The van der Waals surface area contributed by atoms with E-state index >= 15 is 0 Å². The van der Waals surface area contributed by atoms with Gasteiger partial charge in [-0.1, -0.05) is 71.5 Å². The van der Waals surface area contributed by atoms with Crippen LogP contribution in [-0.2, 0) is 11.4 Å². The fraction of sp³-hybridized carbons (Fsp3) is 0.139. The van der Waals surface area contributed by atoms with Crippen molar-refractivity contribution in [3.8, 4) is 17.2 Å². The van der Waals surface area contributed by atoms with Crippen molar-refractivity contribution < 1.29 is 19.0 Å². The summed E-state index contributed by atoms with van der Waals surface area (Å²) in [6.45, 7) is 2.11. The number of anilines is 1. The van der Waals surface area contributed by atoms with Crippen LogP contribution >= 0.6 is 22.9 Å². The molecule has 4 aromatic carbocycles. The summed E-state index contributed by atoms with van der Waals surface area (Å²) in [5, 5.41) is 3.61. The number of nitrogens with one attached hydrogen (secondary N) is 1. The maximum atomic E-state index is 14.1. The van der Waals surface area contributed by atoms with Gasteiger partial charge in [0.2, 0.25) is 0 Å². The summed E-state index contributed by atoms with van der Waals surface area (Å²) in [6, 6.07) is 28.8. The lowest BCUT2D eigenvalue weighted by atomic mass is 9.95. The lowest BCUT2D eigenvalue weighted by molar-refractivity contribution is -0.113. The first-order chi connectivity index (χ1) is 22.3. The molecule has 0 unspecified atom stereocenters. The summed E-state index contributed by atoms with van der Waals surface area (Å²) in [6.07, 6.45) is 1.79. The summed E-state index contributed by atoms with van der Waals surface area (Å²) in [4.78, 5) is 33.1. The maximum Gasteiger partial charge on any atom is 0.271 e. The Bertz CT molecular complexity index is 2140. The maximum absolute atomic E-state index is 14.1. The van der Waals surface area contributed by atoms with E-state index in [0.717, 1.165) is 16.7 Å². The number of aromatic nitrogens is 1. The number of halogens is 1. The van der Waals surface area contributed by atoms with E-state index in [0.29, 0.717) is 55.2 Å². The number of amides is 1. The van der Waals surface area contributed by atoms with Gasteiger partial charge in [-0.05, 0) is 78.2 Å². The quantitative estimate of drug-likeness (QED) is 0.207. The molecular formula is C36H30ClN3O5S. The standard InChI is InChI=1S/C36H30ClN3O5S/c1-22-32(34(41)39-27-12-5-4-6-13-27)33(25-10-8-14-28(20-25)43-2)40-35(42)31(46-36(40)38-22)19-23-15-16-29(30(18-23)44-3)45-21-24-9-7-11-26(37)17-24/h4-20,33H,21H2,1-3H3,(H,39,41)/b31-19-/t33-/m0/s1. The average molecular weight is 652 g/mol. The molecule has 1 atom stereocenters. The first-order valence-electron chi connectivity index (χ1n) is 14.4. The van der Waals surface area contributed by atoms with Crippen LogP contribution < -0.4 is 34.4 Å². The zero-order valence-corrected chi connectivity index (χ0v) is 26.9. The van der Waals surface area contributed by atoms with E-state index in [-0.39, 0.29) is 11.5 Å². The van der Waals surface area contributed by atoms with Gasteiger partial charge in [0.1, 0.15) is 12.4 Å². The van der Waals surface area contributed by atoms with E-state index in [1.807, 2.05) is 97.1 Å². The molecule has 46 heavy (non-hydrogen) atoms. The first kappa shape index (κ1) is 30.9. The Morgan fingerprint density at radius 2 is 1.76 bits per heavy atom. The topological polar surface area (TPSA) is 91.2 Å². The van der Waals surface area contributed by atoms with Crippen molar-refractivity contribution in [2.45, 2.75) is 19.6 Å². The Morgan fingerprint density at radius 3 is 2.52 bits per heavy atom. The second-order valence-corrected chi connectivity index (χ2v) is 12.0. The van der Waals surface area contributed by atoms with Gasteiger partial charge in [-0.3, -0.25) is 14.2 Å². The Morgan fingerprint density at radius 1 is 0.957 bits per heavy atom.